The second-order valence-corrected chi connectivity index (χ2v) is 4.05. The largest absolute Gasteiger partial charge is 0.497 e. The molecule has 0 bridgehead atoms. The number of carboxylic acid groups (broad SMARTS) is 1. The number of carbonyl (C=O) groups excluding carboxylic acids is 1. The topological polar surface area (TPSA) is 88.8 Å². The number of ether oxygens (including phenoxy) is 1. The molecular weight excluding hydrogens is 274 g/mol. The molecule has 0 aliphatic rings. The lowest BCUT2D eigenvalue weighted by atomic mass is 10.1. The van der Waals surface area contributed by atoms with Gasteiger partial charge in [-0.2, -0.15) is 0 Å². The molecule has 0 saturated carbocycles. The lowest BCUT2D eigenvalue weighted by Crippen LogP contribution is -2.12. The molecule has 2 aromatic rings. The van der Waals surface area contributed by atoms with E-state index in [1.807, 2.05) is 0 Å². The van der Waals surface area contributed by atoms with Crippen LogP contribution < -0.4 is 10.1 Å². The van der Waals surface area contributed by atoms with Crippen molar-refractivity contribution in [3.8, 4) is 5.75 Å². The summed E-state index contributed by atoms with van der Waals surface area (Å²) in [4.78, 5) is 22.9. The molecule has 1 aromatic carbocycles. The molecule has 2 rings (SSSR count). The summed E-state index contributed by atoms with van der Waals surface area (Å²) in [5.41, 5.74) is 0.145. The van der Waals surface area contributed by atoms with Crippen LogP contribution in [0, 0.1) is 0 Å². The van der Waals surface area contributed by atoms with E-state index in [0.29, 0.717) is 11.5 Å². The number of nitrogens with one attached hydrogen (secondary N) is 1. The molecular formula is C15H13NO5. The number of carboxylic acids is 1. The van der Waals surface area contributed by atoms with Crippen LogP contribution in [-0.2, 0) is 4.79 Å². The van der Waals surface area contributed by atoms with Crippen molar-refractivity contribution in [1.29, 1.82) is 0 Å². The fourth-order valence-corrected chi connectivity index (χ4v) is 1.66. The van der Waals surface area contributed by atoms with Crippen LogP contribution in [0.3, 0.4) is 0 Å². The fraction of sp³-hybridized carbons (Fsp3) is 0.0667. The van der Waals surface area contributed by atoms with Crippen molar-refractivity contribution in [3.63, 3.8) is 0 Å². The molecule has 0 unspecified atom stereocenters. The first-order chi connectivity index (χ1) is 10.1. The Hall–Kier alpha value is -3.02. The van der Waals surface area contributed by atoms with Gasteiger partial charge >= 0.3 is 5.97 Å². The zero-order valence-electron chi connectivity index (χ0n) is 11.2. The van der Waals surface area contributed by atoms with Crippen LogP contribution in [0.5, 0.6) is 5.75 Å². The highest BCUT2D eigenvalue weighted by Crippen LogP contribution is 2.22. The van der Waals surface area contributed by atoms with Crippen LogP contribution in [0.1, 0.15) is 16.1 Å². The number of methoxy groups -OCH3 is 1. The van der Waals surface area contributed by atoms with Gasteiger partial charge in [0, 0.05) is 12.1 Å². The van der Waals surface area contributed by atoms with Gasteiger partial charge in [-0.15, -0.1) is 0 Å². The van der Waals surface area contributed by atoms with E-state index in [2.05, 4.69) is 5.32 Å². The number of furan rings is 1. The molecule has 6 nitrogen and oxygen atoms in total. The van der Waals surface area contributed by atoms with Gasteiger partial charge in [0.15, 0.2) is 0 Å². The monoisotopic (exact) mass is 287 g/mol. The van der Waals surface area contributed by atoms with Crippen molar-refractivity contribution in [2.45, 2.75) is 0 Å². The van der Waals surface area contributed by atoms with E-state index < -0.39 is 11.9 Å². The summed E-state index contributed by atoms with van der Waals surface area (Å²) in [5.74, 6) is -0.635. The molecule has 2 N–H and O–H groups in total. The maximum atomic E-state index is 11.8. The van der Waals surface area contributed by atoms with Crippen molar-refractivity contribution in [3.05, 3.63) is 54.0 Å². The number of aromatic carboxylic acids is 1. The van der Waals surface area contributed by atoms with Crippen LogP contribution >= 0.6 is 0 Å². The number of amides is 1. The average molecular weight is 287 g/mol. The molecule has 0 atom stereocenters. The van der Waals surface area contributed by atoms with E-state index in [-0.39, 0.29) is 11.3 Å². The molecule has 0 aliphatic carbocycles. The number of anilines is 1. The third-order valence-corrected chi connectivity index (χ3v) is 2.66. The minimum absolute atomic E-state index is 0.0180. The maximum absolute atomic E-state index is 11.8. The first kappa shape index (κ1) is 14.4. The van der Waals surface area contributed by atoms with Gasteiger partial charge < -0.3 is 19.6 Å². The van der Waals surface area contributed by atoms with Gasteiger partial charge in [0.25, 0.3) is 0 Å². The SMILES string of the molecule is COc1ccc(C(=O)O)c(NC(=O)/C=C/c2ccco2)c1. The van der Waals surface area contributed by atoms with Crippen LogP contribution in [0.2, 0.25) is 0 Å². The minimum atomic E-state index is -1.14. The lowest BCUT2D eigenvalue weighted by molar-refractivity contribution is -0.111. The van der Waals surface area contributed by atoms with Gasteiger partial charge in [0.1, 0.15) is 11.5 Å². The summed E-state index contributed by atoms with van der Waals surface area (Å²) < 4.78 is 10.1. The first-order valence-electron chi connectivity index (χ1n) is 6.04. The van der Waals surface area contributed by atoms with Crippen LogP contribution in [0.15, 0.2) is 47.1 Å². The minimum Gasteiger partial charge on any atom is -0.497 e. The number of hydrogen-bond acceptors (Lipinski definition) is 4. The zero-order chi connectivity index (χ0) is 15.2. The predicted molar refractivity (Wildman–Crippen MR) is 76.3 cm³/mol. The standard InChI is InChI=1S/C15H13NO5/c1-20-11-4-6-12(15(18)19)13(9-11)16-14(17)7-5-10-3-2-8-21-10/h2-9H,1H3,(H,16,17)(H,18,19)/b7-5+. The van der Waals surface area contributed by atoms with Gasteiger partial charge in [-0.05, 0) is 30.3 Å². The van der Waals surface area contributed by atoms with E-state index in [0.717, 1.165) is 0 Å². The zero-order valence-corrected chi connectivity index (χ0v) is 11.2. The Labute approximate surface area is 120 Å². The highest BCUT2D eigenvalue weighted by Gasteiger charge is 2.12. The van der Waals surface area contributed by atoms with Gasteiger partial charge in [-0.3, -0.25) is 4.79 Å². The Morgan fingerprint density at radius 2 is 2.14 bits per heavy atom. The van der Waals surface area contributed by atoms with Gasteiger partial charge in [-0.1, -0.05) is 0 Å². The van der Waals surface area contributed by atoms with E-state index in [1.54, 1.807) is 12.1 Å². The Morgan fingerprint density at radius 1 is 1.33 bits per heavy atom. The van der Waals surface area contributed by atoms with Gasteiger partial charge in [0.05, 0.1) is 24.6 Å². The quantitative estimate of drug-likeness (QED) is 0.825. The van der Waals surface area contributed by atoms with Crippen LogP contribution in [0.4, 0.5) is 5.69 Å². The summed E-state index contributed by atoms with van der Waals surface area (Å²) in [6, 6.07) is 7.72. The number of rotatable bonds is 5. The Bertz CT molecular complexity index is 673. The van der Waals surface area contributed by atoms with Crippen molar-refractivity contribution in [2.24, 2.45) is 0 Å². The second kappa shape index (κ2) is 6.42. The summed E-state index contributed by atoms with van der Waals surface area (Å²) in [7, 11) is 1.46. The Morgan fingerprint density at radius 3 is 2.76 bits per heavy atom. The lowest BCUT2D eigenvalue weighted by Gasteiger charge is -2.08. The summed E-state index contributed by atoms with van der Waals surface area (Å²) in [6.07, 6.45) is 4.22. The highest BCUT2D eigenvalue weighted by molar-refractivity contribution is 6.06. The second-order valence-electron chi connectivity index (χ2n) is 4.05. The molecule has 1 aromatic heterocycles. The smallest absolute Gasteiger partial charge is 0.337 e. The molecule has 0 aliphatic heterocycles. The summed E-state index contributed by atoms with van der Waals surface area (Å²) in [5, 5.41) is 11.6. The Kier molecular flexibility index (Phi) is 4.40. The fourth-order valence-electron chi connectivity index (χ4n) is 1.66. The van der Waals surface area contributed by atoms with E-state index >= 15 is 0 Å². The van der Waals surface area contributed by atoms with Gasteiger partial charge in [-0.25, -0.2) is 4.79 Å². The molecule has 0 saturated heterocycles. The molecule has 108 valence electrons. The van der Waals surface area contributed by atoms with Gasteiger partial charge in [0.2, 0.25) is 5.91 Å². The summed E-state index contributed by atoms with van der Waals surface area (Å²) in [6.45, 7) is 0. The molecule has 1 amide bonds. The van der Waals surface area contributed by atoms with Crippen LogP contribution in [0.25, 0.3) is 6.08 Å². The number of hydrogen-bond donors (Lipinski definition) is 2. The summed E-state index contributed by atoms with van der Waals surface area (Å²) >= 11 is 0. The van der Waals surface area contributed by atoms with E-state index in [4.69, 9.17) is 14.3 Å². The average Bonchev–Trinajstić information content (AvgIpc) is 2.98. The van der Waals surface area contributed by atoms with Crippen molar-refractivity contribution in [1.82, 2.24) is 0 Å². The number of carbonyl (C=O) groups is 2. The third-order valence-electron chi connectivity index (χ3n) is 2.66. The molecule has 1 heterocycles. The molecule has 6 heteroatoms. The normalized spacial score (nSPS) is 10.5. The molecule has 0 spiro atoms. The number of benzene rings is 1. The molecule has 0 radical (unpaired) electrons. The Balaban J connectivity index is 2.17. The predicted octanol–water partition coefficient (Wildman–Crippen LogP) is 2.64. The van der Waals surface area contributed by atoms with E-state index in [1.165, 1.54) is 43.7 Å². The van der Waals surface area contributed by atoms with Crippen molar-refractivity contribution in [2.75, 3.05) is 12.4 Å². The van der Waals surface area contributed by atoms with E-state index in [9.17, 15) is 9.59 Å². The maximum Gasteiger partial charge on any atom is 0.337 e. The molecule has 21 heavy (non-hydrogen) atoms. The first-order valence-corrected chi connectivity index (χ1v) is 6.04. The third kappa shape index (κ3) is 3.73. The highest BCUT2D eigenvalue weighted by atomic mass is 16.5. The van der Waals surface area contributed by atoms with Crippen molar-refractivity contribution < 1.29 is 23.8 Å². The van der Waals surface area contributed by atoms with Crippen LogP contribution in [-0.4, -0.2) is 24.1 Å². The van der Waals surface area contributed by atoms with Crippen molar-refractivity contribution >= 4 is 23.6 Å². The molecule has 0 fully saturated rings.